The highest BCUT2D eigenvalue weighted by molar-refractivity contribution is 7.81. The van der Waals surface area contributed by atoms with Gasteiger partial charge in [-0.15, -0.1) is 0 Å². The van der Waals surface area contributed by atoms with Gasteiger partial charge in [-0.2, -0.15) is 12.6 Å². The van der Waals surface area contributed by atoms with Gasteiger partial charge in [0.15, 0.2) is 0 Å². The van der Waals surface area contributed by atoms with Gasteiger partial charge in [0.05, 0.1) is 4.75 Å². The summed E-state index contributed by atoms with van der Waals surface area (Å²) in [5, 5.41) is 0. The monoisotopic (exact) mass is 306 g/mol. The van der Waals surface area contributed by atoms with E-state index < -0.39 is 10.7 Å². The van der Waals surface area contributed by atoms with Gasteiger partial charge in [-0.3, -0.25) is 0 Å². The van der Waals surface area contributed by atoms with Gasteiger partial charge in [0.2, 0.25) is 0 Å². The van der Waals surface area contributed by atoms with Crippen molar-refractivity contribution in [1.82, 2.24) is 0 Å². The molecule has 0 aromatic rings. The largest absolute Gasteiger partial charge is 0.330 e. The molecule has 4 heteroatoms. The summed E-state index contributed by atoms with van der Waals surface area (Å²) < 4.78 is 16.2. The van der Waals surface area contributed by atoms with Gasteiger partial charge >= 0.3 is 0 Å². The zero-order chi connectivity index (χ0) is 15.5. The van der Waals surface area contributed by atoms with Gasteiger partial charge in [0.25, 0.3) is 5.97 Å². The highest BCUT2D eigenvalue weighted by Crippen LogP contribution is 2.41. The Hall–Kier alpha value is 0.230. The minimum Gasteiger partial charge on any atom is -0.330 e. The number of ether oxygens (including phenoxy) is 3. The molecule has 0 aliphatic heterocycles. The highest BCUT2D eigenvalue weighted by atomic mass is 32.1. The van der Waals surface area contributed by atoms with Gasteiger partial charge in [-0.25, -0.2) is 0 Å². The lowest BCUT2D eigenvalue weighted by molar-refractivity contribution is -0.370. The van der Waals surface area contributed by atoms with Crippen molar-refractivity contribution in [2.24, 2.45) is 0 Å². The van der Waals surface area contributed by atoms with Crippen molar-refractivity contribution >= 4 is 12.6 Å². The Morgan fingerprint density at radius 3 is 1.65 bits per heavy atom. The molecule has 0 bridgehead atoms. The number of unbranched alkanes of at least 4 members (excludes halogenated alkanes) is 5. The molecule has 0 saturated carbocycles. The average molecular weight is 307 g/mol. The van der Waals surface area contributed by atoms with E-state index in [2.05, 4.69) is 13.8 Å². The summed E-state index contributed by atoms with van der Waals surface area (Å²) in [6, 6.07) is 0. The second-order valence-electron chi connectivity index (χ2n) is 5.47. The van der Waals surface area contributed by atoms with Crippen LogP contribution in [-0.4, -0.2) is 32.0 Å². The molecule has 0 aliphatic carbocycles. The van der Waals surface area contributed by atoms with Crippen molar-refractivity contribution in [1.29, 1.82) is 0 Å². The number of thiol groups is 1. The summed E-state index contributed by atoms with van der Waals surface area (Å²) >= 11 is 4.89. The number of methoxy groups -OCH3 is 3. The molecule has 0 amide bonds. The standard InChI is InChI=1S/C16H34O3S/c1-6-8-9-10-11-12-14-15(20,13-7-2)16(17-3,18-4)19-5/h20H,6-14H2,1-5H3. The van der Waals surface area contributed by atoms with Gasteiger partial charge in [-0.1, -0.05) is 58.8 Å². The fourth-order valence-corrected chi connectivity index (χ4v) is 3.52. The molecule has 122 valence electrons. The maximum atomic E-state index is 5.53. The SMILES string of the molecule is CCCCCCCCC(S)(CCC)C(OC)(OC)OC. The number of rotatable bonds is 13. The fourth-order valence-electron chi connectivity index (χ4n) is 2.86. The smallest absolute Gasteiger partial charge is 0.297 e. The van der Waals surface area contributed by atoms with E-state index in [9.17, 15) is 0 Å². The van der Waals surface area contributed by atoms with Gasteiger partial charge in [0.1, 0.15) is 0 Å². The van der Waals surface area contributed by atoms with E-state index >= 15 is 0 Å². The Bertz CT molecular complexity index is 223. The summed E-state index contributed by atoms with van der Waals surface area (Å²) in [6.07, 6.45) is 10.5. The Kier molecular flexibility index (Phi) is 11.0. The predicted octanol–water partition coefficient (Wildman–Crippen LogP) is 4.80. The molecular formula is C16H34O3S. The molecule has 0 fully saturated rings. The fraction of sp³-hybridized carbons (Fsp3) is 1.00. The third-order valence-corrected chi connectivity index (χ3v) is 4.70. The van der Waals surface area contributed by atoms with Gasteiger partial charge < -0.3 is 14.2 Å². The van der Waals surface area contributed by atoms with Crippen LogP contribution in [-0.2, 0) is 14.2 Å². The van der Waals surface area contributed by atoms with Crippen molar-refractivity contribution in [2.45, 2.75) is 82.4 Å². The molecule has 0 rings (SSSR count). The summed E-state index contributed by atoms with van der Waals surface area (Å²) in [5.41, 5.74) is 0. The van der Waals surface area contributed by atoms with Crippen LogP contribution < -0.4 is 0 Å². The van der Waals surface area contributed by atoms with Crippen LogP contribution in [0.5, 0.6) is 0 Å². The first-order valence-electron chi connectivity index (χ1n) is 7.93. The van der Waals surface area contributed by atoms with Crippen LogP contribution in [0, 0.1) is 0 Å². The lowest BCUT2D eigenvalue weighted by Gasteiger charge is -2.44. The third-order valence-electron chi connectivity index (χ3n) is 3.98. The van der Waals surface area contributed by atoms with Crippen LogP contribution in [0.4, 0.5) is 0 Å². The zero-order valence-electron chi connectivity index (χ0n) is 14.0. The van der Waals surface area contributed by atoms with E-state index in [0.29, 0.717) is 0 Å². The lowest BCUT2D eigenvalue weighted by Crippen LogP contribution is -2.54. The van der Waals surface area contributed by atoms with Crippen molar-refractivity contribution < 1.29 is 14.2 Å². The van der Waals surface area contributed by atoms with E-state index in [0.717, 1.165) is 25.7 Å². The quantitative estimate of drug-likeness (QED) is 0.301. The third kappa shape index (κ3) is 5.55. The van der Waals surface area contributed by atoms with E-state index in [1.54, 1.807) is 21.3 Å². The van der Waals surface area contributed by atoms with Crippen molar-refractivity contribution in [2.75, 3.05) is 21.3 Å². The van der Waals surface area contributed by atoms with Crippen LogP contribution in [0.15, 0.2) is 0 Å². The molecule has 0 aromatic carbocycles. The zero-order valence-corrected chi connectivity index (χ0v) is 14.9. The van der Waals surface area contributed by atoms with E-state index in [4.69, 9.17) is 26.8 Å². The minimum atomic E-state index is -1.06. The van der Waals surface area contributed by atoms with Crippen LogP contribution in [0.1, 0.15) is 71.6 Å². The Labute approximate surface area is 131 Å². The second-order valence-corrected chi connectivity index (χ2v) is 6.32. The molecule has 0 heterocycles. The average Bonchev–Trinajstić information content (AvgIpc) is 2.45. The molecule has 0 aliphatic rings. The molecule has 3 nitrogen and oxygen atoms in total. The molecule has 1 unspecified atom stereocenters. The van der Waals surface area contributed by atoms with E-state index in [1.807, 2.05) is 0 Å². The molecule has 0 aromatic heterocycles. The Balaban J connectivity index is 4.50. The number of hydrogen-bond donors (Lipinski definition) is 1. The predicted molar refractivity (Wildman–Crippen MR) is 88.4 cm³/mol. The summed E-state index contributed by atoms with van der Waals surface area (Å²) in [6.45, 7) is 4.39. The van der Waals surface area contributed by atoms with Crippen LogP contribution in [0.2, 0.25) is 0 Å². The summed E-state index contributed by atoms with van der Waals surface area (Å²) in [5.74, 6) is -1.06. The minimum absolute atomic E-state index is 0.412. The molecule has 0 spiro atoms. The van der Waals surface area contributed by atoms with Gasteiger partial charge in [0, 0.05) is 21.3 Å². The Morgan fingerprint density at radius 1 is 0.700 bits per heavy atom. The van der Waals surface area contributed by atoms with Gasteiger partial charge in [-0.05, 0) is 12.8 Å². The maximum absolute atomic E-state index is 5.53. The van der Waals surface area contributed by atoms with Crippen molar-refractivity contribution in [3.8, 4) is 0 Å². The highest BCUT2D eigenvalue weighted by Gasteiger charge is 2.50. The first-order chi connectivity index (χ1) is 9.55. The topological polar surface area (TPSA) is 27.7 Å². The first kappa shape index (κ1) is 20.2. The second kappa shape index (κ2) is 10.9. The van der Waals surface area contributed by atoms with E-state index in [-0.39, 0.29) is 0 Å². The van der Waals surface area contributed by atoms with Crippen LogP contribution in [0.25, 0.3) is 0 Å². The molecule has 0 radical (unpaired) electrons. The van der Waals surface area contributed by atoms with Crippen LogP contribution >= 0.6 is 12.6 Å². The summed E-state index contributed by atoms with van der Waals surface area (Å²) in [4.78, 5) is 0. The molecule has 0 N–H and O–H groups in total. The van der Waals surface area contributed by atoms with Crippen LogP contribution in [0.3, 0.4) is 0 Å². The molecule has 0 saturated heterocycles. The first-order valence-corrected chi connectivity index (χ1v) is 8.38. The lowest BCUT2D eigenvalue weighted by atomic mass is 9.92. The van der Waals surface area contributed by atoms with Crippen molar-refractivity contribution in [3.63, 3.8) is 0 Å². The van der Waals surface area contributed by atoms with Crippen molar-refractivity contribution in [3.05, 3.63) is 0 Å². The maximum Gasteiger partial charge on any atom is 0.297 e. The Morgan fingerprint density at radius 2 is 1.20 bits per heavy atom. The summed E-state index contributed by atoms with van der Waals surface area (Å²) in [7, 11) is 4.86. The molecular weight excluding hydrogens is 272 g/mol. The molecule has 20 heavy (non-hydrogen) atoms. The number of hydrogen-bond acceptors (Lipinski definition) is 4. The normalized spacial score (nSPS) is 15.3. The van der Waals surface area contributed by atoms with E-state index in [1.165, 1.54) is 32.1 Å². The molecule has 1 atom stereocenters.